The molecule has 0 saturated heterocycles. The summed E-state index contributed by atoms with van der Waals surface area (Å²) in [4.78, 5) is 16.5. The number of esters is 1. The van der Waals surface area contributed by atoms with Gasteiger partial charge in [-0.15, -0.1) is 0 Å². The summed E-state index contributed by atoms with van der Waals surface area (Å²) in [6.07, 6.45) is -3.35. The van der Waals surface area contributed by atoms with Gasteiger partial charge in [-0.3, -0.25) is 4.79 Å². The van der Waals surface area contributed by atoms with Crippen LogP contribution in [0, 0.1) is 0 Å². The van der Waals surface area contributed by atoms with Crippen LogP contribution in [0.5, 0.6) is 5.75 Å². The molecule has 0 N–H and O–H groups in total. The Morgan fingerprint density at radius 3 is 2.75 bits per heavy atom. The van der Waals surface area contributed by atoms with Crippen LogP contribution in [0.3, 0.4) is 0 Å². The number of nitrogens with zero attached hydrogens (tertiary/aromatic N) is 1. The Morgan fingerprint density at radius 2 is 2.07 bits per heavy atom. The number of halogens is 4. The highest BCUT2D eigenvalue weighted by atomic mass is 35.5. The minimum absolute atomic E-state index is 0.0265. The molecule has 0 aliphatic carbocycles. The second kappa shape index (κ2) is 8.32. The lowest BCUT2D eigenvalue weighted by molar-refractivity contribution is -0.141. The third-order valence-corrected chi connectivity index (χ3v) is 5.00. The van der Waals surface area contributed by atoms with Crippen LogP contribution in [0.1, 0.15) is 12.0 Å². The van der Waals surface area contributed by atoms with E-state index in [1.807, 2.05) is 0 Å². The summed E-state index contributed by atoms with van der Waals surface area (Å²) in [5.41, 5.74) is -0.459. The minimum Gasteiger partial charge on any atom is -0.477 e. The molecule has 0 bridgehead atoms. The summed E-state index contributed by atoms with van der Waals surface area (Å²) in [5, 5.41) is -0.211. The Morgan fingerprint density at radius 1 is 1.29 bits per heavy atom. The van der Waals surface area contributed by atoms with Crippen molar-refractivity contribution in [3.05, 3.63) is 53.4 Å². The number of rotatable bonds is 6. The fourth-order valence-electron chi connectivity index (χ4n) is 2.30. The Kier molecular flexibility index (Phi) is 6.04. The standard InChI is InChI=1S/C18H13ClF3NO4S/c1-25-16(24)8-17(28-11-3-5-15-13(7-11)23-9-26-15)27-14-4-2-10(6-12(14)19)18(20,21)22/h2-7,9,17H,8H2,1H3. The molecule has 2 aromatic carbocycles. The molecule has 1 unspecified atom stereocenters. The van der Waals surface area contributed by atoms with E-state index in [0.717, 1.165) is 23.1 Å². The van der Waals surface area contributed by atoms with Crippen LogP contribution >= 0.6 is 23.4 Å². The van der Waals surface area contributed by atoms with Crippen molar-refractivity contribution in [2.75, 3.05) is 7.11 Å². The monoisotopic (exact) mass is 431 g/mol. The summed E-state index contributed by atoms with van der Waals surface area (Å²) in [6, 6.07) is 7.97. The molecule has 0 fully saturated rings. The smallest absolute Gasteiger partial charge is 0.416 e. The van der Waals surface area contributed by atoms with Gasteiger partial charge >= 0.3 is 12.1 Å². The fourth-order valence-corrected chi connectivity index (χ4v) is 3.53. The van der Waals surface area contributed by atoms with E-state index < -0.39 is 23.1 Å². The topological polar surface area (TPSA) is 61.6 Å². The minimum atomic E-state index is -4.52. The number of aromatic nitrogens is 1. The van der Waals surface area contributed by atoms with Gasteiger partial charge in [0, 0.05) is 4.90 Å². The van der Waals surface area contributed by atoms with Crippen LogP contribution in [-0.4, -0.2) is 23.5 Å². The number of oxazole rings is 1. The number of alkyl halides is 3. The van der Waals surface area contributed by atoms with Crippen molar-refractivity contribution in [2.24, 2.45) is 0 Å². The average Bonchev–Trinajstić information content (AvgIpc) is 3.10. The van der Waals surface area contributed by atoms with Crippen LogP contribution in [0.4, 0.5) is 13.2 Å². The zero-order valence-electron chi connectivity index (χ0n) is 14.3. The van der Waals surface area contributed by atoms with Crippen molar-refractivity contribution >= 4 is 40.4 Å². The number of thioether (sulfide) groups is 1. The van der Waals surface area contributed by atoms with Crippen molar-refractivity contribution < 1.29 is 31.9 Å². The van der Waals surface area contributed by atoms with Crippen LogP contribution in [0.2, 0.25) is 5.02 Å². The van der Waals surface area contributed by atoms with Crippen molar-refractivity contribution in [1.82, 2.24) is 4.98 Å². The lowest BCUT2D eigenvalue weighted by Gasteiger charge is -2.19. The zero-order chi connectivity index (χ0) is 20.3. The summed E-state index contributed by atoms with van der Waals surface area (Å²) < 4.78 is 53.9. The van der Waals surface area contributed by atoms with Crippen LogP contribution in [-0.2, 0) is 15.7 Å². The first-order valence-electron chi connectivity index (χ1n) is 7.86. The summed E-state index contributed by atoms with van der Waals surface area (Å²) in [5.74, 6) is -0.512. The number of hydrogen-bond acceptors (Lipinski definition) is 6. The van der Waals surface area contributed by atoms with E-state index in [1.165, 1.54) is 25.3 Å². The Labute approximate surface area is 166 Å². The number of fused-ring (bicyclic) bond motifs is 1. The van der Waals surface area contributed by atoms with Crippen molar-refractivity contribution in [3.8, 4) is 5.75 Å². The van der Waals surface area contributed by atoms with Gasteiger partial charge in [-0.25, -0.2) is 4.98 Å². The maximum absolute atomic E-state index is 12.8. The fraction of sp³-hybridized carbons (Fsp3) is 0.222. The molecule has 1 aromatic heterocycles. The summed E-state index contributed by atoms with van der Waals surface area (Å²) in [7, 11) is 1.23. The second-order valence-corrected chi connectivity index (χ2v) is 7.21. The van der Waals surface area contributed by atoms with Crippen LogP contribution in [0.15, 0.2) is 52.1 Å². The lowest BCUT2D eigenvalue weighted by atomic mass is 10.2. The van der Waals surface area contributed by atoms with Crippen LogP contribution in [0.25, 0.3) is 11.1 Å². The Hall–Kier alpha value is -2.39. The molecular weight excluding hydrogens is 419 g/mol. The molecule has 0 saturated carbocycles. The van der Waals surface area contributed by atoms with E-state index in [4.69, 9.17) is 20.8 Å². The molecule has 3 aromatic rings. The highest BCUT2D eigenvalue weighted by Crippen LogP contribution is 2.37. The highest BCUT2D eigenvalue weighted by Gasteiger charge is 2.31. The first kappa shape index (κ1) is 20.3. The summed E-state index contributed by atoms with van der Waals surface area (Å²) in [6.45, 7) is 0. The SMILES string of the molecule is COC(=O)CC(Oc1ccc(C(F)(F)F)cc1Cl)Sc1ccc2ocnc2c1. The molecule has 148 valence electrons. The van der Waals surface area contributed by atoms with Gasteiger partial charge in [0.25, 0.3) is 0 Å². The normalized spacial score (nSPS) is 12.8. The van der Waals surface area contributed by atoms with Crippen molar-refractivity contribution in [1.29, 1.82) is 0 Å². The maximum Gasteiger partial charge on any atom is 0.416 e. The number of carbonyl (C=O) groups is 1. The van der Waals surface area contributed by atoms with Gasteiger partial charge in [-0.1, -0.05) is 23.4 Å². The molecular formula is C18H13ClF3NO4S. The molecule has 28 heavy (non-hydrogen) atoms. The summed E-state index contributed by atoms with van der Waals surface area (Å²) >= 11 is 7.12. The molecule has 10 heteroatoms. The van der Waals surface area contributed by atoms with Crippen LogP contribution < -0.4 is 4.74 Å². The van der Waals surface area contributed by atoms with E-state index in [2.05, 4.69) is 9.72 Å². The van der Waals surface area contributed by atoms with Crippen molar-refractivity contribution in [2.45, 2.75) is 22.9 Å². The van der Waals surface area contributed by atoms with Gasteiger partial charge in [0.1, 0.15) is 11.3 Å². The third kappa shape index (κ3) is 4.90. The highest BCUT2D eigenvalue weighted by molar-refractivity contribution is 7.99. The van der Waals surface area contributed by atoms with E-state index in [1.54, 1.807) is 18.2 Å². The van der Waals surface area contributed by atoms with E-state index >= 15 is 0 Å². The van der Waals surface area contributed by atoms with Gasteiger partial charge in [-0.2, -0.15) is 13.2 Å². The molecule has 0 aliphatic heterocycles. The predicted octanol–water partition coefficient (Wildman–Crippen LogP) is 5.56. The van der Waals surface area contributed by atoms with Gasteiger partial charge in [0.15, 0.2) is 17.4 Å². The first-order valence-corrected chi connectivity index (χ1v) is 9.12. The molecule has 0 radical (unpaired) electrons. The molecule has 0 amide bonds. The predicted molar refractivity (Wildman–Crippen MR) is 97.4 cm³/mol. The van der Waals surface area contributed by atoms with Gasteiger partial charge in [0.2, 0.25) is 0 Å². The second-order valence-electron chi connectivity index (χ2n) is 5.57. The van der Waals surface area contributed by atoms with E-state index in [9.17, 15) is 18.0 Å². The number of benzene rings is 2. The Bertz CT molecular complexity index is 992. The quantitative estimate of drug-likeness (QED) is 0.289. The van der Waals surface area contributed by atoms with Gasteiger partial charge in [0.05, 0.1) is 24.1 Å². The maximum atomic E-state index is 12.8. The molecule has 1 atom stereocenters. The lowest BCUT2D eigenvalue weighted by Crippen LogP contribution is -2.18. The molecule has 3 rings (SSSR count). The molecule has 5 nitrogen and oxygen atoms in total. The molecule has 0 aliphatic rings. The first-order chi connectivity index (χ1) is 13.3. The molecule has 1 heterocycles. The number of methoxy groups -OCH3 is 1. The van der Waals surface area contributed by atoms with Crippen molar-refractivity contribution in [3.63, 3.8) is 0 Å². The number of hydrogen-bond donors (Lipinski definition) is 0. The zero-order valence-corrected chi connectivity index (χ0v) is 15.9. The van der Waals surface area contributed by atoms with Gasteiger partial charge < -0.3 is 13.9 Å². The number of carbonyl (C=O) groups excluding carboxylic acids is 1. The largest absolute Gasteiger partial charge is 0.477 e. The third-order valence-electron chi connectivity index (χ3n) is 3.65. The van der Waals surface area contributed by atoms with E-state index in [0.29, 0.717) is 11.1 Å². The Balaban J connectivity index is 1.82. The average molecular weight is 432 g/mol. The van der Waals surface area contributed by atoms with E-state index in [-0.39, 0.29) is 17.2 Å². The van der Waals surface area contributed by atoms with Gasteiger partial charge in [-0.05, 0) is 36.4 Å². The molecule has 0 spiro atoms. The number of ether oxygens (including phenoxy) is 2.